The molecule has 0 spiro atoms. The van der Waals surface area contributed by atoms with Crippen molar-refractivity contribution < 1.29 is 9.47 Å². The first-order valence-corrected chi connectivity index (χ1v) is 10.1. The van der Waals surface area contributed by atoms with Crippen LogP contribution < -0.4 is 19.6 Å². The first-order chi connectivity index (χ1) is 14.2. The number of benzene rings is 1. The van der Waals surface area contributed by atoms with E-state index in [4.69, 9.17) is 9.47 Å². The molecule has 0 aliphatic carbocycles. The Morgan fingerprint density at radius 1 is 1.24 bits per heavy atom. The Kier molecular flexibility index (Phi) is 5.53. The maximum absolute atomic E-state index is 12.7. The Labute approximate surface area is 171 Å². The largest absolute Gasteiger partial charge is 0.493 e. The second kappa shape index (κ2) is 8.40. The van der Waals surface area contributed by atoms with E-state index >= 15 is 0 Å². The molecule has 0 aliphatic heterocycles. The summed E-state index contributed by atoms with van der Waals surface area (Å²) in [6, 6.07) is 9.30. The lowest BCUT2D eigenvalue weighted by Gasteiger charge is -2.10. The zero-order valence-electron chi connectivity index (χ0n) is 16.2. The van der Waals surface area contributed by atoms with Crippen LogP contribution in [0.4, 0.5) is 0 Å². The van der Waals surface area contributed by atoms with Crippen LogP contribution in [0.1, 0.15) is 25.3 Å². The molecule has 0 saturated carbocycles. The van der Waals surface area contributed by atoms with Crippen LogP contribution in [0.15, 0.2) is 47.5 Å². The van der Waals surface area contributed by atoms with Gasteiger partial charge >= 0.3 is 0 Å². The number of hydrogen-bond acceptors (Lipinski definition) is 7. The summed E-state index contributed by atoms with van der Waals surface area (Å²) in [6.07, 6.45) is 7.22. The van der Waals surface area contributed by atoms with Crippen LogP contribution >= 0.6 is 11.3 Å². The molecule has 4 aromatic rings. The van der Waals surface area contributed by atoms with Gasteiger partial charge in [-0.3, -0.25) is 9.78 Å². The van der Waals surface area contributed by atoms with Crippen molar-refractivity contribution in [3.8, 4) is 22.9 Å². The second-order valence-electron chi connectivity index (χ2n) is 6.40. The van der Waals surface area contributed by atoms with Gasteiger partial charge in [0.1, 0.15) is 0 Å². The van der Waals surface area contributed by atoms with Crippen molar-refractivity contribution in [2.75, 3.05) is 13.7 Å². The normalized spacial score (nSPS) is 11.9. The Morgan fingerprint density at radius 3 is 2.86 bits per heavy atom. The molecule has 3 aromatic heterocycles. The molecule has 0 saturated heterocycles. The lowest BCUT2D eigenvalue weighted by atomic mass is 10.2. The van der Waals surface area contributed by atoms with Gasteiger partial charge in [-0.15, -0.1) is 5.10 Å². The Bertz CT molecular complexity index is 1230. The van der Waals surface area contributed by atoms with Crippen LogP contribution in [0.3, 0.4) is 0 Å². The molecular weight excluding hydrogens is 388 g/mol. The predicted molar refractivity (Wildman–Crippen MR) is 113 cm³/mol. The highest BCUT2D eigenvalue weighted by atomic mass is 32.1. The topological polar surface area (TPSA) is 78.6 Å². The van der Waals surface area contributed by atoms with E-state index in [0.29, 0.717) is 33.4 Å². The first kappa shape index (κ1) is 19.1. The van der Waals surface area contributed by atoms with Crippen molar-refractivity contribution in [3.63, 3.8) is 0 Å². The van der Waals surface area contributed by atoms with Gasteiger partial charge in [0.2, 0.25) is 4.96 Å². The Balaban J connectivity index is 1.66. The average molecular weight is 408 g/mol. The summed E-state index contributed by atoms with van der Waals surface area (Å²) in [5.41, 5.74) is 1.42. The minimum atomic E-state index is -0.199. The van der Waals surface area contributed by atoms with E-state index in [1.54, 1.807) is 19.5 Å². The Hall–Kier alpha value is -3.26. The summed E-state index contributed by atoms with van der Waals surface area (Å²) in [6.45, 7) is 2.76. The lowest BCUT2D eigenvalue weighted by molar-refractivity contribution is 0.288. The third kappa shape index (κ3) is 3.97. The number of thiazole rings is 1. The standard InChI is InChI=1S/C21H20N4O3S/c1-3-4-10-28-16-8-7-14(11-17(16)27-2)12-18-20(26)25-21(29-18)23-19(24-25)15-6-5-9-22-13-15/h5-9,11-13H,3-4,10H2,1-2H3/b18-12-. The van der Waals surface area contributed by atoms with Crippen LogP contribution in [0.25, 0.3) is 22.4 Å². The SMILES string of the molecule is CCCCOc1ccc(/C=c2\sc3nc(-c4cccnc4)nn3c2=O)cc1OC. The van der Waals surface area contributed by atoms with Gasteiger partial charge in [0.15, 0.2) is 17.3 Å². The molecule has 0 unspecified atom stereocenters. The summed E-state index contributed by atoms with van der Waals surface area (Å²) < 4.78 is 13.1. The molecule has 1 aromatic carbocycles. The molecule has 3 heterocycles. The van der Waals surface area contributed by atoms with E-state index in [1.165, 1.54) is 15.9 Å². The van der Waals surface area contributed by atoms with E-state index in [0.717, 1.165) is 24.0 Å². The summed E-state index contributed by atoms with van der Waals surface area (Å²) in [4.78, 5) is 21.8. The van der Waals surface area contributed by atoms with E-state index in [2.05, 4.69) is 22.0 Å². The van der Waals surface area contributed by atoms with Crippen molar-refractivity contribution >= 4 is 22.4 Å². The van der Waals surface area contributed by atoms with Crippen molar-refractivity contribution in [3.05, 3.63) is 63.2 Å². The number of aromatic nitrogens is 4. The van der Waals surface area contributed by atoms with Gasteiger partial charge in [0.25, 0.3) is 5.56 Å². The van der Waals surface area contributed by atoms with Gasteiger partial charge in [0, 0.05) is 18.0 Å². The smallest absolute Gasteiger partial charge is 0.291 e. The maximum atomic E-state index is 12.7. The fraction of sp³-hybridized carbons (Fsp3) is 0.238. The number of fused-ring (bicyclic) bond motifs is 1. The van der Waals surface area contributed by atoms with E-state index in [1.807, 2.05) is 36.4 Å². The molecule has 7 nitrogen and oxygen atoms in total. The summed E-state index contributed by atoms with van der Waals surface area (Å²) in [7, 11) is 1.61. The van der Waals surface area contributed by atoms with Crippen LogP contribution in [-0.4, -0.2) is 33.3 Å². The molecule has 4 rings (SSSR count). The van der Waals surface area contributed by atoms with E-state index in [9.17, 15) is 4.79 Å². The van der Waals surface area contributed by atoms with Crippen LogP contribution in [0.5, 0.6) is 11.5 Å². The predicted octanol–water partition coefficient (Wildman–Crippen LogP) is 2.95. The Morgan fingerprint density at radius 2 is 2.14 bits per heavy atom. The first-order valence-electron chi connectivity index (χ1n) is 9.32. The number of pyridine rings is 1. The van der Waals surface area contributed by atoms with Crippen LogP contribution in [0, 0.1) is 0 Å². The monoisotopic (exact) mass is 408 g/mol. The van der Waals surface area contributed by atoms with Crippen molar-refractivity contribution in [1.82, 2.24) is 19.6 Å². The van der Waals surface area contributed by atoms with Crippen LogP contribution in [0.2, 0.25) is 0 Å². The van der Waals surface area contributed by atoms with Gasteiger partial charge in [-0.05, 0) is 42.3 Å². The molecule has 29 heavy (non-hydrogen) atoms. The number of ether oxygens (including phenoxy) is 2. The highest BCUT2D eigenvalue weighted by Crippen LogP contribution is 2.28. The van der Waals surface area contributed by atoms with Crippen molar-refractivity contribution in [1.29, 1.82) is 0 Å². The summed E-state index contributed by atoms with van der Waals surface area (Å²) in [5, 5.41) is 4.33. The molecule has 8 heteroatoms. The molecule has 0 amide bonds. The number of methoxy groups -OCH3 is 1. The number of unbranched alkanes of at least 4 members (excludes halogenated alkanes) is 1. The minimum absolute atomic E-state index is 0.199. The molecule has 0 fully saturated rings. The summed E-state index contributed by atoms with van der Waals surface area (Å²) >= 11 is 1.30. The van der Waals surface area contributed by atoms with Crippen LogP contribution in [-0.2, 0) is 0 Å². The van der Waals surface area contributed by atoms with Gasteiger partial charge in [-0.25, -0.2) is 0 Å². The lowest BCUT2D eigenvalue weighted by Crippen LogP contribution is -2.23. The molecule has 148 valence electrons. The van der Waals surface area contributed by atoms with E-state index in [-0.39, 0.29) is 5.56 Å². The third-order valence-electron chi connectivity index (χ3n) is 4.34. The van der Waals surface area contributed by atoms with E-state index < -0.39 is 0 Å². The molecule has 0 bridgehead atoms. The molecule has 0 aliphatic rings. The minimum Gasteiger partial charge on any atom is -0.493 e. The number of nitrogens with zero attached hydrogens (tertiary/aromatic N) is 4. The third-order valence-corrected chi connectivity index (χ3v) is 5.30. The zero-order chi connectivity index (χ0) is 20.2. The van der Waals surface area contributed by atoms with Gasteiger partial charge < -0.3 is 9.47 Å². The molecule has 0 N–H and O–H groups in total. The zero-order valence-corrected chi connectivity index (χ0v) is 17.0. The van der Waals surface area contributed by atoms with Crippen molar-refractivity contribution in [2.45, 2.75) is 19.8 Å². The quantitative estimate of drug-likeness (QED) is 0.438. The molecule has 0 radical (unpaired) electrons. The van der Waals surface area contributed by atoms with Gasteiger partial charge in [-0.2, -0.15) is 9.50 Å². The second-order valence-corrected chi connectivity index (χ2v) is 7.41. The summed E-state index contributed by atoms with van der Waals surface area (Å²) in [5.74, 6) is 1.83. The molecular formula is C21H20N4O3S. The highest BCUT2D eigenvalue weighted by Gasteiger charge is 2.12. The van der Waals surface area contributed by atoms with Crippen molar-refractivity contribution in [2.24, 2.45) is 0 Å². The average Bonchev–Trinajstić information content (AvgIpc) is 3.29. The highest BCUT2D eigenvalue weighted by molar-refractivity contribution is 7.15. The van der Waals surface area contributed by atoms with Gasteiger partial charge in [0.05, 0.1) is 18.2 Å². The number of rotatable bonds is 7. The fourth-order valence-corrected chi connectivity index (χ4v) is 3.73. The fourth-order valence-electron chi connectivity index (χ4n) is 2.82. The molecule has 0 atom stereocenters. The van der Waals surface area contributed by atoms with Gasteiger partial charge in [-0.1, -0.05) is 30.7 Å². The number of hydrogen-bond donors (Lipinski definition) is 0. The maximum Gasteiger partial charge on any atom is 0.291 e.